The van der Waals surface area contributed by atoms with Crippen molar-refractivity contribution in [3.8, 4) is 0 Å². The minimum Gasteiger partial charge on any atom is -0.315 e. The Balaban J connectivity index is 1.77. The molecule has 5 heteroatoms. The zero-order chi connectivity index (χ0) is 18.5. The summed E-state index contributed by atoms with van der Waals surface area (Å²) in [6.45, 7) is 6.86. The van der Waals surface area contributed by atoms with E-state index in [1.54, 1.807) is 0 Å². The molecule has 0 spiro atoms. The largest absolute Gasteiger partial charge is 0.315 e. The topological polar surface area (TPSA) is 27.2 Å². The summed E-state index contributed by atoms with van der Waals surface area (Å²) in [5.41, 5.74) is 3.96. The van der Waals surface area contributed by atoms with Gasteiger partial charge in [-0.2, -0.15) is 9.78 Å². The third-order valence-electron chi connectivity index (χ3n) is 4.69. The molecule has 4 nitrogen and oxygen atoms in total. The first-order valence-electron chi connectivity index (χ1n) is 9.14. The van der Waals surface area contributed by atoms with Gasteiger partial charge in [-0.15, -0.1) is 0 Å². The molecule has 0 aliphatic rings. The molecule has 2 aromatic carbocycles. The molecular formula is C21H27N4S+. The summed E-state index contributed by atoms with van der Waals surface area (Å²) in [5.74, 6) is 1.03. The van der Waals surface area contributed by atoms with Gasteiger partial charge in [-0.05, 0) is 37.2 Å². The first-order chi connectivity index (χ1) is 12.6. The maximum absolute atomic E-state index is 5.69. The number of nitrogens with zero attached hydrogens (tertiary/aromatic N) is 3. The van der Waals surface area contributed by atoms with E-state index in [-0.39, 0.29) is 0 Å². The van der Waals surface area contributed by atoms with E-state index >= 15 is 0 Å². The zero-order valence-electron chi connectivity index (χ0n) is 15.8. The normalized spacial score (nSPS) is 12.3. The predicted octanol–water partition coefficient (Wildman–Crippen LogP) is 3.01. The van der Waals surface area contributed by atoms with Crippen LogP contribution in [0.25, 0.3) is 0 Å². The number of benzene rings is 2. The molecule has 1 atom stereocenters. The van der Waals surface area contributed by atoms with Crippen molar-refractivity contribution in [2.45, 2.75) is 40.0 Å². The van der Waals surface area contributed by atoms with Gasteiger partial charge in [-0.3, -0.25) is 0 Å². The average molecular weight is 368 g/mol. The first-order valence-corrected chi connectivity index (χ1v) is 9.55. The summed E-state index contributed by atoms with van der Waals surface area (Å²) in [5, 5.41) is 4.83. The third-order valence-corrected chi connectivity index (χ3v) is 5.13. The minimum absolute atomic E-state index is 0.766. The van der Waals surface area contributed by atoms with Crippen LogP contribution in [0.15, 0.2) is 54.6 Å². The van der Waals surface area contributed by atoms with Crippen molar-refractivity contribution in [2.75, 3.05) is 7.05 Å². The fourth-order valence-electron chi connectivity index (χ4n) is 3.26. The Kier molecular flexibility index (Phi) is 6.01. The Morgan fingerprint density at radius 3 is 2.42 bits per heavy atom. The highest BCUT2D eigenvalue weighted by molar-refractivity contribution is 7.71. The minimum atomic E-state index is 0.766. The van der Waals surface area contributed by atoms with Crippen LogP contribution in [-0.2, 0) is 26.2 Å². The second kappa shape index (κ2) is 8.43. The standard InChI is InChI=1S/C21H26N4S/c1-4-24-20(14-18-11-6-5-7-12-18)22-25(21(24)26)16-23(3)15-19-13-9-8-10-17(19)2/h5-13H,4,14-16H2,1-3H3/p+1. The quantitative estimate of drug-likeness (QED) is 0.650. The summed E-state index contributed by atoms with van der Waals surface area (Å²) in [6, 6.07) is 19.0. The van der Waals surface area contributed by atoms with Crippen LogP contribution in [0.4, 0.5) is 0 Å². The lowest BCUT2D eigenvalue weighted by Crippen LogP contribution is -3.07. The molecule has 0 saturated carbocycles. The van der Waals surface area contributed by atoms with E-state index in [4.69, 9.17) is 17.3 Å². The lowest BCUT2D eigenvalue weighted by molar-refractivity contribution is -0.917. The van der Waals surface area contributed by atoms with Crippen LogP contribution in [-0.4, -0.2) is 21.4 Å². The van der Waals surface area contributed by atoms with E-state index in [1.807, 2.05) is 10.7 Å². The summed E-state index contributed by atoms with van der Waals surface area (Å²) >= 11 is 5.69. The van der Waals surface area contributed by atoms with Crippen molar-refractivity contribution >= 4 is 12.2 Å². The Bertz CT molecular complexity index is 911. The molecule has 1 unspecified atom stereocenters. The molecule has 1 N–H and O–H groups in total. The monoisotopic (exact) mass is 367 g/mol. The SMILES string of the molecule is CCn1c(Cc2ccccc2)nn(C[NH+](C)Cc2ccccc2C)c1=S. The van der Waals surface area contributed by atoms with Crippen LogP contribution in [0, 0.1) is 11.7 Å². The van der Waals surface area contributed by atoms with Gasteiger partial charge in [-0.25, -0.2) is 0 Å². The number of aromatic nitrogens is 3. The van der Waals surface area contributed by atoms with Gasteiger partial charge in [0.25, 0.3) is 0 Å². The van der Waals surface area contributed by atoms with Crippen LogP contribution < -0.4 is 4.90 Å². The highest BCUT2D eigenvalue weighted by Crippen LogP contribution is 2.09. The number of nitrogens with one attached hydrogen (secondary N) is 1. The number of quaternary nitrogens is 1. The first kappa shape index (κ1) is 18.5. The van der Waals surface area contributed by atoms with Gasteiger partial charge >= 0.3 is 0 Å². The summed E-state index contributed by atoms with van der Waals surface area (Å²) in [4.78, 5) is 1.36. The molecule has 0 aliphatic heterocycles. The highest BCUT2D eigenvalue weighted by Gasteiger charge is 2.14. The van der Waals surface area contributed by atoms with Crippen LogP contribution >= 0.6 is 12.2 Å². The zero-order valence-corrected chi connectivity index (χ0v) is 16.6. The molecule has 0 aliphatic carbocycles. The Labute approximate surface area is 160 Å². The van der Waals surface area contributed by atoms with E-state index < -0.39 is 0 Å². The number of hydrogen-bond acceptors (Lipinski definition) is 2. The van der Waals surface area contributed by atoms with Crippen LogP contribution in [0.3, 0.4) is 0 Å². The second-order valence-electron chi connectivity index (χ2n) is 6.82. The molecule has 26 heavy (non-hydrogen) atoms. The van der Waals surface area contributed by atoms with Gasteiger partial charge in [0.05, 0.1) is 7.05 Å². The van der Waals surface area contributed by atoms with Crippen molar-refractivity contribution in [3.63, 3.8) is 0 Å². The molecular weight excluding hydrogens is 340 g/mol. The number of rotatable bonds is 7. The smallest absolute Gasteiger partial charge is 0.202 e. The molecule has 0 amide bonds. The maximum Gasteiger partial charge on any atom is 0.202 e. The van der Waals surface area contributed by atoms with Gasteiger partial charge in [-0.1, -0.05) is 54.6 Å². The molecule has 0 radical (unpaired) electrons. The van der Waals surface area contributed by atoms with Crippen molar-refractivity contribution in [1.29, 1.82) is 0 Å². The number of hydrogen-bond donors (Lipinski definition) is 1. The molecule has 0 fully saturated rings. The van der Waals surface area contributed by atoms with Crippen molar-refractivity contribution in [1.82, 2.24) is 14.3 Å². The van der Waals surface area contributed by atoms with E-state index in [9.17, 15) is 0 Å². The molecule has 1 heterocycles. The van der Waals surface area contributed by atoms with Gasteiger partial charge in [0.2, 0.25) is 4.77 Å². The van der Waals surface area contributed by atoms with Crippen LogP contribution in [0.5, 0.6) is 0 Å². The molecule has 136 valence electrons. The van der Waals surface area contributed by atoms with Crippen molar-refractivity contribution in [3.05, 3.63) is 81.9 Å². The lowest BCUT2D eigenvalue weighted by Gasteiger charge is -2.15. The molecule has 3 rings (SSSR count). The Morgan fingerprint density at radius 2 is 1.73 bits per heavy atom. The lowest BCUT2D eigenvalue weighted by atomic mass is 10.1. The molecule has 0 bridgehead atoms. The van der Waals surface area contributed by atoms with Gasteiger partial charge in [0.15, 0.2) is 6.67 Å². The van der Waals surface area contributed by atoms with Crippen LogP contribution in [0.1, 0.15) is 29.4 Å². The predicted molar refractivity (Wildman–Crippen MR) is 108 cm³/mol. The number of aryl methyl sites for hydroxylation is 1. The molecule has 3 aromatic rings. The Hall–Kier alpha value is -2.24. The van der Waals surface area contributed by atoms with E-state index in [2.05, 4.69) is 74.0 Å². The van der Waals surface area contributed by atoms with Crippen LogP contribution in [0.2, 0.25) is 0 Å². The maximum atomic E-state index is 5.69. The molecule has 1 aromatic heterocycles. The Morgan fingerprint density at radius 1 is 1.04 bits per heavy atom. The second-order valence-corrected chi connectivity index (χ2v) is 7.19. The van der Waals surface area contributed by atoms with Crippen molar-refractivity contribution in [2.24, 2.45) is 0 Å². The summed E-state index contributed by atoms with van der Waals surface area (Å²) in [6.07, 6.45) is 0.808. The highest BCUT2D eigenvalue weighted by atomic mass is 32.1. The third kappa shape index (κ3) is 4.29. The van der Waals surface area contributed by atoms with Crippen molar-refractivity contribution < 1.29 is 4.90 Å². The summed E-state index contributed by atoms with van der Waals surface area (Å²) < 4.78 is 4.93. The van der Waals surface area contributed by atoms with E-state index in [0.717, 1.165) is 36.8 Å². The fourth-order valence-corrected chi connectivity index (χ4v) is 3.60. The van der Waals surface area contributed by atoms with Gasteiger partial charge < -0.3 is 9.47 Å². The van der Waals surface area contributed by atoms with E-state index in [0.29, 0.717) is 0 Å². The van der Waals surface area contributed by atoms with Gasteiger partial charge in [0.1, 0.15) is 12.4 Å². The van der Waals surface area contributed by atoms with E-state index in [1.165, 1.54) is 21.6 Å². The average Bonchev–Trinajstić information content (AvgIpc) is 2.92. The van der Waals surface area contributed by atoms with Gasteiger partial charge in [0, 0.05) is 18.5 Å². The summed E-state index contributed by atoms with van der Waals surface area (Å²) in [7, 11) is 2.19. The fraction of sp³-hybridized carbons (Fsp3) is 0.333. The molecule has 0 saturated heterocycles.